The molecule has 4 aromatic rings. The molecule has 2 aromatic heterocycles. The lowest BCUT2D eigenvalue weighted by Gasteiger charge is -2.20. The van der Waals surface area contributed by atoms with Gasteiger partial charge in [0.1, 0.15) is 23.3 Å². The predicted molar refractivity (Wildman–Crippen MR) is 98.6 cm³/mol. The minimum Gasteiger partial charge on any atom is -0.423 e. The van der Waals surface area contributed by atoms with Crippen LogP contribution in [0.2, 0.25) is 0 Å². The van der Waals surface area contributed by atoms with Gasteiger partial charge in [-0.1, -0.05) is 12.1 Å². The third-order valence-corrected chi connectivity index (χ3v) is 4.38. The first-order valence-corrected chi connectivity index (χ1v) is 8.63. The van der Waals surface area contributed by atoms with E-state index in [0.29, 0.717) is 12.1 Å². The van der Waals surface area contributed by atoms with E-state index in [4.69, 9.17) is 9.15 Å². The van der Waals surface area contributed by atoms with Gasteiger partial charge in [-0.2, -0.15) is 0 Å². The van der Waals surface area contributed by atoms with Crippen molar-refractivity contribution in [2.45, 2.75) is 19.3 Å². The van der Waals surface area contributed by atoms with E-state index in [2.05, 4.69) is 4.98 Å². The topological polar surface area (TPSA) is 57.3 Å². The maximum Gasteiger partial charge on any atom is 0.336 e. The lowest BCUT2D eigenvalue weighted by Crippen LogP contribution is -2.14. The third-order valence-electron chi connectivity index (χ3n) is 4.38. The van der Waals surface area contributed by atoms with Crippen LogP contribution in [0.4, 0.5) is 8.78 Å². The number of nitrogens with zero attached hydrogens (tertiary/aromatic N) is 2. The number of fused-ring (bicyclic) bond motifs is 1. The molecule has 0 spiro atoms. The Morgan fingerprint density at radius 1 is 1.11 bits per heavy atom. The van der Waals surface area contributed by atoms with Crippen LogP contribution in [0.3, 0.4) is 0 Å². The van der Waals surface area contributed by atoms with Gasteiger partial charge in [-0.15, -0.1) is 0 Å². The van der Waals surface area contributed by atoms with Crippen molar-refractivity contribution >= 4 is 11.0 Å². The summed E-state index contributed by atoms with van der Waals surface area (Å²) in [5.41, 5.74) is 1.17. The smallest absolute Gasteiger partial charge is 0.336 e. The summed E-state index contributed by atoms with van der Waals surface area (Å²) in [4.78, 5) is 15.3. The van der Waals surface area contributed by atoms with Gasteiger partial charge in [0, 0.05) is 35.5 Å². The summed E-state index contributed by atoms with van der Waals surface area (Å²) in [7, 11) is 0. The predicted octanol–water partition coefficient (Wildman–Crippen LogP) is 4.23. The Kier molecular flexibility index (Phi) is 4.99. The lowest BCUT2D eigenvalue weighted by atomic mass is 10.1. The highest BCUT2D eigenvalue weighted by atomic mass is 19.1. The van der Waals surface area contributed by atoms with Crippen molar-refractivity contribution in [2.24, 2.45) is 0 Å². The molecule has 0 amide bonds. The minimum atomic E-state index is -0.662. The summed E-state index contributed by atoms with van der Waals surface area (Å²) in [6.07, 6.45) is 4.33. The van der Waals surface area contributed by atoms with Crippen LogP contribution in [-0.4, -0.2) is 9.55 Å². The van der Waals surface area contributed by atoms with Crippen molar-refractivity contribution in [3.63, 3.8) is 0 Å². The van der Waals surface area contributed by atoms with Gasteiger partial charge in [0.2, 0.25) is 0 Å². The van der Waals surface area contributed by atoms with Crippen LogP contribution < -0.4 is 5.63 Å². The first-order valence-electron chi connectivity index (χ1n) is 8.63. The van der Waals surface area contributed by atoms with Crippen LogP contribution in [0.5, 0.6) is 0 Å². The Labute approximate surface area is 158 Å². The van der Waals surface area contributed by atoms with Gasteiger partial charge in [0.05, 0.1) is 19.5 Å². The van der Waals surface area contributed by atoms with Crippen LogP contribution in [-0.2, 0) is 17.9 Å². The van der Waals surface area contributed by atoms with E-state index in [-0.39, 0.29) is 12.2 Å². The molecule has 5 nitrogen and oxygen atoms in total. The Morgan fingerprint density at radius 3 is 2.79 bits per heavy atom. The molecule has 0 radical (unpaired) electrons. The summed E-state index contributed by atoms with van der Waals surface area (Å²) in [5, 5.41) is 0.764. The second-order valence-corrected chi connectivity index (χ2v) is 6.35. The third kappa shape index (κ3) is 3.99. The molecule has 1 unspecified atom stereocenters. The van der Waals surface area contributed by atoms with E-state index in [1.165, 1.54) is 18.2 Å². The lowest BCUT2D eigenvalue weighted by molar-refractivity contribution is 0.0257. The average Bonchev–Trinajstić information content (AvgIpc) is 3.18. The second kappa shape index (κ2) is 7.74. The molecule has 28 heavy (non-hydrogen) atoms. The van der Waals surface area contributed by atoms with E-state index < -0.39 is 23.4 Å². The Hall–Kier alpha value is -3.32. The van der Waals surface area contributed by atoms with Crippen molar-refractivity contribution in [1.82, 2.24) is 9.55 Å². The van der Waals surface area contributed by atoms with Crippen molar-refractivity contribution in [3.8, 4) is 0 Å². The number of ether oxygens (including phenoxy) is 1. The van der Waals surface area contributed by atoms with Crippen LogP contribution in [0.1, 0.15) is 17.2 Å². The number of rotatable bonds is 6. The summed E-state index contributed by atoms with van der Waals surface area (Å²) in [6, 6.07) is 11.8. The van der Waals surface area contributed by atoms with Crippen molar-refractivity contribution in [2.75, 3.05) is 0 Å². The molecule has 0 saturated heterocycles. The molecular formula is C21H16F2N2O3. The second-order valence-electron chi connectivity index (χ2n) is 6.35. The normalized spacial score (nSPS) is 12.4. The molecule has 1 atom stereocenters. The molecule has 0 saturated carbocycles. The molecule has 0 aliphatic carbocycles. The number of imidazole rings is 1. The monoisotopic (exact) mass is 382 g/mol. The van der Waals surface area contributed by atoms with Crippen molar-refractivity contribution in [1.29, 1.82) is 0 Å². The fourth-order valence-electron chi connectivity index (χ4n) is 3.00. The molecule has 2 aromatic carbocycles. The summed E-state index contributed by atoms with van der Waals surface area (Å²) >= 11 is 0. The van der Waals surface area contributed by atoms with E-state index in [1.54, 1.807) is 41.5 Å². The van der Waals surface area contributed by atoms with E-state index in [9.17, 15) is 13.6 Å². The van der Waals surface area contributed by atoms with Crippen LogP contribution in [0.25, 0.3) is 11.0 Å². The Balaban J connectivity index is 1.58. The van der Waals surface area contributed by atoms with E-state index >= 15 is 0 Å². The maximum atomic E-state index is 14.3. The number of hydrogen-bond donors (Lipinski definition) is 0. The van der Waals surface area contributed by atoms with E-state index in [1.807, 2.05) is 6.07 Å². The largest absolute Gasteiger partial charge is 0.423 e. The maximum absolute atomic E-state index is 14.3. The minimum absolute atomic E-state index is 0.200. The molecular weight excluding hydrogens is 366 g/mol. The number of halogens is 2. The average molecular weight is 382 g/mol. The summed E-state index contributed by atoms with van der Waals surface area (Å²) in [6.45, 7) is 0.524. The standard InChI is InChI=1S/C21H16F2N2O3/c22-16-3-4-17(18(23)10-16)20(11-25-8-7-24-13-25)27-12-14-1-5-19-15(9-14)2-6-21(26)28-19/h1-10,13,20H,11-12H2. The van der Waals surface area contributed by atoms with Gasteiger partial charge >= 0.3 is 5.63 Å². The van der Waals surface area contributed by atoms with Crippen molar-refractivity contribution in [3.05, 3.63) is 100 Å². The molecule has 2 heterocycles. The molecule has 0 aliphatic rings. The van der Waals surface area contributed by atoms with Gasteiger partial charge in [-0.05, 0) is 29.8 Å². The first-order chi connectivity index (χ1) is 13.6. The molecule has 7 heteroatoms. The number of benzene rings is 2. The molecule has 0 N–H and O–H groups in total. The zero-order chi connectivity index (χ0) is 19.5. The summed E-state index contributed by atoms with van der Waals surface area (Å²) in [5.74, 6) is -1.30. The Bertz CT molecular complexity index is 1160. The zero-order valence-electron chi connectivity index (χ0n) is 14.7. The molecule has 4 rings (SSSR count). The number of aromatic nitrogens is 2. The fraction of sp³-hybridized carbons (Fsp3) is 0.143. The van der Waals surface area contributed by atoms with Gasteiger partial charge in [0.25, 0.3) is 0 Å². The van der Waals surface area contributed by atoms with Crippen molar-refractivity contribution < 1.29 is 17.9 Å². The molecule has 0 fully saturated rings. The fourth-order valence-corrected chi connectivity index (χ4v) is 3.00. The number of hydrogen-bond acceptors (Lipinski definition) is 4. The van der Waals surface area contributed by atoms with Gasteiger partial charge in [-0.3, -0.25) is 0 Å². The van der Waals surface area contributed by atoms with E-state index in [0.717, 1.165) is 17.0 Å². The summed E-state index contributed by atoms with van der Waals surface area (Å²) < 4.78 is 40.5. The SMILES string of the molecule is O=c1ccc2cc(COC(Cn3ccnc3)c3ccc(F)cc3F)ccc2o1. The zero-order valence-corrected chi connectivity index (χ0v) is 14.7. The molecule has 142 valence electrons. The van der Waals surface area contributed by atoms with Crippen LogP contribution in [0.15, 0.2) is 76.5 Å². The first kappa shape index (κ1) is 18.1. The van der Waals surface area contributed by atoms with Crippen LogP contribution >= 0.6 is 0 Å². The Morgan fingerprint density at radius 2 is 2.00 bits per heavy atom. The highest BCUT2D eigenvalue weighted by Gasteiger charge is 2.18. The van der Waals surface area contributed by atoms with Gasteiger partial charge < -0.3 is 13.7 Å². The molecule has 0 aliphatic heterocycles. The highest BCUT2D eigenvalue weighted by Crippen LogP contribution is 2.25. The quantitative estimate of drug-likeness (QED) is 0.469. The molecule has 0 bridgehead atoms. The van der Waals surface area contributed by atoms with Gasteiger partial charge in [0.15, 0.2) is 0 Å². The van der Waals surface area contributed by atoms with Gasteiger partial charge in [-0.25, -0.2) is 18.6 Å². The highest BCUT2D eigenvalue weighted by molar-refractivity contribution is 5.76. The van der Waals surface area contributed by atoms with Crippen LogP contribution in [0, 0.1) is 11.6 Å².